The first kappa shape index (κ1) is 11.7. The molecule has 0 heterocycles. The molecule has 0 amide bonds. The molecule has 15 heavy (non-hydrogen) atoms. The zero-order valence-electron chi connectivity index (χ0n) is 9.63. The predicted molar refractivity (Wildman–Crippen MR) is 60.5 cm³/mol. The summed E-state index contributed by atoms with van der Waals surface area (Å²) in [5, 5.41) is 0. The lowest BCUT2D eigenvalue weighted by atomic mass is 9.78. The van der Waals surface area contributed by atoms with Gasteiger partial charge in [0.15, 0.2) is 0 Å². The monoisotopic (exact) mass is 205 g/mol. The van der Waals surface area contributed by atoms with Gasteiger partial charge < -0.3 is 0 Å². The molecule has 0 aliphatic carbocycles. The molecule has 0 unspecified atom stereocenters. The van der Waals surface area contributed by atoms with Gasteiger partial charge >= 0.3 is 0 Å². The minimum Gasteiger partial charge on any atom is -0.235 e. The summed E-state index contributed by atoms with van der Waals surface area (Å²) in [6.45, 7) is 15.2. The van der Waals surface area contributed by atoms with Gasteiger partial charge in [0.2, 0.25) is 5.69 Å². The van der Waals surface area contributed by atoms with Crippen LogP contribution in [0.15, 0.2) is 18.2 Å². The van der Waals surface area contributed by atoms with Crippen molar-refractivity contribution in [1.82, 2.24) is 0 Å². The average Bonchev–Trinajstić information content (AvgIpc) is 2.15. The van der Waals surface area contributed by atoms with E-state index in [-0.39, 0.29) is 17.0 Å². The third-order valence-corrected chi connectivity index (χ3v) is 2.89. The van der Waals surface area contributed by atoms with Crippen molar-refractivity contribution in [2.45, 2.75) is 33.6 Å². The first-order valence-corrected chi connectivity index (χ1v) is 5.03. The van der Waals surface area contributed by atoms with Crippen molar-refractivity contribution in [3.05, 3.63) is 41.0 Å². The molecule has 80 valence electrons. The summed E-state index contributed by atoms with van der Waals surface area (Å²) in [6.07, 6.45) is 0. The molecule has 0 spiro atoms. The van der Waals surface area contributed by atoms with Gasteiger partial charge in [-0.15, -0.1) is 0 Å². The van der Waals surface area contributed by atoms with E-state index in [0.29, 0.717) is 0 Å². The normalized spacial score (nSPS) is 13.3. The Morgan fingerprint density at radius 1 is 1.33 bits per heavy atom. The van der Waals surface area contributed by atoms with Gasteiger partial charge in [-0.25, -0.2) is 9.24 Å². The number of rotatable bonds is 1. The van der Waals surface area contributed by atoms with Crippen molar-refractivity contribution in [2.75, 3.05) is 0 Å². The number of benzene rings is 1. The van der Waals surface area contributed by atoms with Crippen LogP contribution in [-0.4, -0.2) is 0 Å². The van der Waals surface area contributed by atoms with E-state index < -0.39 is 5.82 Å². The molecule has 0 fully saturated rings. The van der Waals surface area contributed by atoms with Gasteiger partial charge in [0, 0.05) is 0 Å². The highest BCUT2D eigenvalue weighted by molar-refractivity contribution is 5.47. The highest BCUT2D eigenvalue weighted by atomic mass is 19.1. The van der Waals surface area contributed by atoms with Crippen molar-refractivity contribution < 1.29 is 4.39 Å². The lowest BCUT2D eigenvalue weighted by molar-refractivity contribution is 0.339. The van der Waals surface area contributed by atoms with Crippen LogP contribution in [0.1, 0.15) is 39.2 Å². The summed E-state index contributed by atoms with van der Waals surface area (Å²) < 4.78 is 13.4. The van der Waals surface area contributed by atoms with Gasteiger partial charge in [0.1, 0.15) is 5.82 Å². The molecule has 0 aliphatic rings. The van der Waals surface area contributed by atoms with E-state index in [1.807, 2.05) is 6.07 Å². The number of hydrogen-bond donors (Lipinski definition) is 0. The summed E-state index contributed by atoms with van der Waals surface area (Å²) in [5.41, 5.74) is 1.15. The van der Waals surface area contributed by atoms with Gasteiger partial charge in [0.25, 0.3) is 0 Å². The topological polar surface area (TPSA) is 4.36 Å². The Bertz CT molecular complexity index is 396. The van der Waals surface area contributed by atoms with Crippen molar-refractivity contribution in [2.24, 2.45) is 5.41 Å². The second kappa shape index (κ2) is 4.02. The molecule has 1 rings (SSSR count). The molecule has 1 aromatic carbocycles. The quantitative estimate of drug-likeness (QED) is 0.593. The smallest absolute Gasteiger partial charge is 0.222 e. The van der Waals surface area contributed by atoms with E-state index in [1.54, 1.807) is 6.07 Å². The molecule has 0 saturated carbocycles. The number of halogens is 1. The third-order valence-electron chi connectivity index (χ3n) is 2.89. The first-order chi connectivity index (χ1) is 6.86. The SMILES string of the molecule is [C-]#[N+]c1ccc([C@H](C)C(C)(C)C)cc1F. The van der Waals surface area contributed by atoms with Gasteiger partial charge in [-0.1, -0.05) is 39.8 Å². The van der Waals surface area contributed by atoms with Crippen LogP contribution in [0.4, 0.5) is 10.1 Å². The Balaban J connectivity index is 3.09. The van der Waals surface area contributed by atoms with Crippen molar-refractivity contribution in [3.8, 4) is 0 Å². The molecule has 0 radical (unpaired) electrons. The first-order valence-electron chi connectivity index (χ1n) is 5.03. The molecule has 0 N–H and O–H groups in total. The van der Waals surface area contributed by atoms with E-state index in [2.05, 4.69) is 32.5 Å². The fraction of sp³-hybridized carbons (Fsp3) is 0.462. The second-order valence-corrected chi connectivity index (χ2v) is 4.91. The van der Waals surface area contributed by atoms with Crippen LogP contribution in [0.25, 0.3) is 4.85 Å². The van der Waals surface area contributed by atoms with E-state index in [0.717, 1.165) is 5.56 Å². The van der Waals surface area contributed by atoms with E-state index in [9.17, 15) is 4.39 Å². The van der Waals surface area contributed by atoms with Crippen LogP contribution in [0.3, 0.4) is 0 Å². The Labute approximate surface area is 90.8 Å². The Kier molecular flexibility index (Phi) is 3.14. The van der Waals surface area contributed by atoms with Gasteiger partial charge in [0.05, 0.1) is 6.57 Å². The fourth-order valence-corrected chi connectivity index (χ4v) is 1.38. The maximum absolute atomic E-state index is 13.4. The third kappa shape index (κ3) is 2.56. The summed E-state index contributed by atoms with van der Waals surface area (Å²) in [6, 6.07) is 4.87. The van der Waals surface area contributed by atoms with Crippen molar-refractivity contribution in [1.29, 1.82) is 0 Å². The highest BCUT2D eigenvalue weighted by Gasteiger charge is 2.22. The molecule has 1 atom stereocenters. The minimum absolute atomic E-state index is 0.0971. The maximum atomic E-state index is 13.4. The summed E-state index contributed by atoms with van der Waals surface area (Å²) >= 11 is 0. The molecule has 1 nitrogen and oxygen atoms in total. The average molecular weight is 205 g/mol. The number of nitrogens with zero attached hydrogens (tertiary/aromatic N) is 1. The molecule has 0 aliphatic heterocycles. The van der Waals surface area contributed by atoms with E-state index in [1.165, 1.54) is 6.07 Å². The van der Waals surface area contributed by atoms with Gasteiger partial charge in [-0.05, 0) is 23.0 Å². The summed E-state index contributed by atoms with van der Waals surface area (Å²) in [5.74, 6) is -0.148. The van der Waals surface area contributed by atoms with Crippen LogP contribution >= 0.6 is 0 Å². The largest absolute Gasteiger partial charge is 0.235 e. The lowest BCUT2D eigenvalue weighted by Crippen LogP contribution is -2.15. The standard InChI is InChI=1S/C13H16FN/c1-9(13(2,3)4)10-6-7-12(15-5)11(14)8-10/h6-9H,1-4H3/t9-/m0/s1. The summed E-state index contributed by atoms with van der Waals surface area (Å²) in [7, 11) is 0. The maximum Gasteiger partial charge on any atom is 0.222 e. The van der Waals surface area contributed by atoms with Crippen LogP contribution in [0, 0.1) is 17.8 Å². The highest BCUT2D eigenvalue weighted by Crippen LogP contribution is 2.35. The molecular weight excluding hydrogens is 189 g/mol. The molecule has 0 bridgehead atoms. The Hall–Kier alpha value is -1.36. The van der Waals surface area contributed by atoms with Crippen LogP contribution < -0.4 is 0 Å². The van der Waals surface area contributed by atoms with Crippen molar-refractivity contribution >= 4 is 5.69 Å². The predicted octanol–water partition coefficient (Wildman–Crippen LogP) is 4.53. The van der Waals surface area contributed by atoms with Gasteiger partial charge in [-0.2, -0.15) is 0 Å². The van der Waals surface area contributed by atoms with Crippen LogP contribution in [-0.2, 0) is 0 Å². The lowest BCUT2D eigenvalue weighted by Gasteiger charge is -2.27. The number of hydrogen-bond acceptors (Lipinski definition) is 0. The van der Waals surface area contributed by atoms with E-state index >= 15 is 0 Å². The molecule has 1 aromatic rings. The molecular formula is C13H16FN. The molecule has 0 aromatic heterocycles. The zero-order chi connectivity index (χ0) is 11.6. The Morgan fingerprint density at radius 3 is 2.33 bits per heavy atom. The van der Waals surface area contributed by atoms with Crippen molar-refractivity contribution in [3.63, 3.8) is 0 Å². The molecule has 0 saturated heterocycles. The van der Waals surface area contributed by atoms with Gasteiger partial charge in [-0.3, -0.25) is 0 Å². The zero-order valence-corrected chi connectivity index (χ0v) is 9.63. The fourth-order valence-electron chi connectivity index (χ4n) is 1.38. The molecule has 2 heteroatoms. The summed E-state index contributed by atoms with van der Waals surface area (Å²) in [4.78, 5) is 3.11. The van der Waals surface area contributed by atoms with E-state index in [4.69, 9.17) is 6.57 Å². The van der Waals surface area contributed by atoms with Crippen LogP contribution in [0.2, 0.25) is 0 Å². The van der Waals surface area contributed by atoms with Crippen LogP contribution in [0.5, 0.6) is 0 Å². The Morgan fingerprint density at radius 2 is 1.93 bits per heavy atom. The minimum atomic E-state index is -0.418. The second-order valence-electron chi connectivity index (χ2n) is 4.91.